The monoisotopic (exact) mass is 505 g/mol. The van der Waals surface area contributed by atoms with E-state index in [0.29, 0.717) is 36.5 Å². The molecule has 3 aromatic carbocycles. The molecule has 1 atom stereocenters. The SMILES string of the molecule is CCOc1ccc(/C(O)=C2/C(=O)C(=O)N(CCc3ccc(F)cc3)C2c2ccc(O)c(OCC)c2)cc1. The van der Waals surface area contributed by atoms with Crippen molar-refractivity contribution < 1.29 is 33.7 Å². The van der Waals surface area contributed by atoms with Crippen LogP contribution in [0.1, 0.15) is 36.6 Å². The molecule has 0 aliphatic carbocycles. The molecule has 0 bridgehead atoms. The third-order valence-corrected chi connectivity index (χ3v) is 6.13. The molecule has 1 unspecified atom stereocenters. The molecule has 0 radical (unpaired) electrons. The number of hydrogen-bond acceptors (Lipinski definition) is 6. The number of carbonyl (C=O) groups is 2. The summed E-state index contributed by atoms with van der Waals surface area (Å²) in [4.78, 5) is 27.8. The number of phenols is 1. The summed E-state index contributed by atoms with van der Waals surface area (Å²) in [7, 11) is 0. The van der Waals surface area contributed by atoms with Gasteiger partial charge in [0.25, 0.3) is 11.7 Å². The summed E-state index contributed by atoms with van der Waals surface area (Å²) in [6.45, 7) is 4.55. The summed E-state index contributed by atoms with van der Waals surface area (Å²) in [5.41, 5.74) is 1.57. The fourth-order valence-electron chi connectivity index (χ4n) is 4.36. The van der Waals surface area contributed by atoms with Crippen molar-refractivity contribution in [2.45, 2.75) is 26.3 Å². The standard InChI is InChI=1S/C29H28FNO6/c1-3-36-22-12-7-19(8-13-22)27(33)25-26(20-9-14-23(32)24(17-20)37-4-2)31(29(35)28(25)34)16-15-18-5-10-21(30)11-6-18/h5-14,17,26,32-33H,3-4,15-16H2,1-2H3/b27-25-. The molecule has 3 aromatic rings. The van der Waals surface area contributed by atoms with Crippen LogP contribution in [-0.4, -0.2) is 46.6 Å². The predicted molar refractivity (Wildman–Crippen MR) is 136 cm³/mol. The quantitative estimate of drug-likeness (QED) is 0.242. The van der Waals surface area contributed by atoms with Crippen LogP contribution < -0.4 is 9.47 Å². The van der Waals surface area contributed by atoms with E-state index in [9.17, 15) is 24.2 Å². The number of halogens is 1. The zero-order valence-electron chi connectivity index (χ0n) is 20.6. The van der Waals surface area contributed by atoms with Crippen LogP contribution in [0.5, 0.6) is 17.2 Å². The van der Waals surface area contributed by atoms with Gasteiger partial charge in [0.1, 0.15) is 17.3 Å². The number of benzene rings is 3. The van der Waals surface area contributed by atoms with E-state index < -0.39 is 17.7 Å². The number of likely N-dealkylation sites (tertiary alicyclic amines) is 1. The van der Waals surface area contributed by atoms with Crippen LogP contribution in [0.3, 0.4) is 0 Å². The minimum absolute atomic E-state index is 0.0681. The lowest BCUT2D eigenvalue weighted by molar-refractivity contribution is -0.139. The largest absolute Gasteiger partial charge is 0.507 e. The first-order valence-electron chi connectivity index (χ1n) is 12.1. The lowest BCUT2D eigenvalue weighted by Crippen LogP contribution is -2.31. The van der Waals surface area contributed by atoms with Crippen molar-refractivity contribution in [2.24, 2.45) is 0 Å². The molecule has 192 valence electrons. The van der Waals surface area contributed by atoms with Gasteiger partial charge in [0.2, 0.25) is 0 Å². The van der Waals surface area contributed by atoms with Crippen LogP contribution in [0.15, 0.2) is 72.3 Å². The van der Waals surface area contributed by atoms with Gasteiger partial charge in [-0.15, -0.1) is 0 Å². The maximum Gasteiger partial charge on any atom is 0.295 e. The average Bonchev–Trinajstić information content (AvgIpc) is 3.15. The maximum absolute atomic E-state index is 13.3. The van der Waals surface area contributed by atoms with Gasteiger partial charge in [-0.3, -0.25) is 9.59 Å². The molecule has 37 heavy (non-hydrogen) atoms. The molecule has 1 saturated heterocycles. The Kier molecular flexibility index (Phi) is 7.77. The number of aliphatic hydroxyl groups excluding tert-OH is 1. The topological polar surface area (TPSA) is 96.3 Å². The van der Waals surface area contributed by atoms with Gasteiger partial charge in [-0.25, -0.2) is 4.39 Å². The average molecular weight is 506 g/mol. The van der Waals surface area contributed by atoms with Crippen molar-refractivity contribution in [1.29, 1.82) is 0 Å². The number of ether oxygens (including phenoxy) is 2. The summed E-state index contributed by atoms with van der Waals surface area (Å²) in [5.74, 6) is -1.54. The van der Waals surface area contributed by atoms with Crippen LogP contribution >= 0.6 is 0 Å². The van der Waals surface area contributed by atoms with Crippen molar-refractivity contribution in [3.05, 3.63) is 94.8 Å². The summed E-state index contributed by atoms with van der Waals surface area (Å²) < 4.78 is 24.3. The second-order valence-corrected chi connectivity index (χ2v) is 8.49. The van der Waals surface area contributed by atoms with Gasteiger partial charge in [-0.05, 0) is 79.9 Å². The summed E-state index contributed by atoms with van der Waals surface area (Å²) in [6, 6.07) is 16.1. The highest BCUT2D eigenvalue weighted by Crippen LogP contribution is 2.42. The Morgan fingerprint density at radius 1 is 0.946 bits per heavy atom. The number of ketones is 1. The van der Waals surface area contributed by atoms with Crippen LogP contribution in [-0.2, 0) is 16.0 Å². The van der Waals surface area contributed by atoms with Crippen LogP contribution in [0.2, 0.25) is 0 Å². The van der Waals surface area contributed by atoms with Crippen LogP contribution in [0, 0.1) is 5.82 Å². The third kappa shape index (κ3) is 5.43. The molecule has 1 aliphatic rings. The van der Waals surface area contributed by atoms with Crippen LogP contribution in [0.25, 0.3) is 5.76 Å². The second-order valence-electron chi connectivity index (χ2n) is 8.49. The van der Waals surface area contributed by atoms with E-state index in [1.807, 2.05) is 6.92 Å². The number of nitrogens with zero attached hydrogens (tertiary/aromatic N) is 1. The van der Waals surface area contributed by atoms with Crippen LogP contribution in [0.4, 0.5) is 4.39 Å². The highest BCUT2D eigenvalue weighted by atomic mass is 19.1. The molecule has 1 fully saturated rings. The van der Waals surface area contributed by atoms with E-state index in [-0.39, 0.29) is 35.2 Å². The third-order valence-electron chi connectivity index (χ3n) is 6.13. The number of Topliss-reactive ketones (excluding diaryl/α,β-unsaturated/α-hetero) is 1. The normalized spacial score (nSPS) is 16.7. The number of hydrogen-bond donors (Lipinski definition) is 2. The molecular formula is C29H28FNO6. The van der Waals surface area contributed by atoms with Gasteiger partial charge in [0, 0.05) is 12.1 Å². The minimum Gasteiger partial charge on any atom is -0.507 e. The number of aliphatic hydroxyl groups is 1. The Labute approximate surface area is 214 Å². The first kappa shape index (κ1) is 25.8. The lowest BCUT2D eigenvalue weighted by atomic mass is 9.94. The lowest BCUT2D eigenvalue weighted by Gasteiger charge is -2.26. The fourth-order valence-corrected chi connectivity index (χ4v) is 4.36. The van der Waals surface area contributed by atoms with Crippen molar-refractivity contribution in [1.82, 2.24) is 4.90 Å². The zero-order chi connectivity index (χ0) is 26.5. The predicted octanol–water partition coefficient (Wildman–Crippen LogP) is 4.99. The molecular weight excluding hydrogens is 477 g/mol. The molecule has 0 aromatic heterocycles. The first-order chi connectivity index (χ1) is 17.8. The Hall–Kier alpha value is -4.33. The fraction of sp³-hybridized carbons (Fsp3) is 0.241. The Balaban J connectivity index is 1.78. The van der Waals surface area contributed by atoms with E-state index in [0.717, 1.165) is 5.56 Å². The molecule has 0 saturated carbocycles. The molecule has 4 rings (SSSR count). The van der Waals surface area contributed by atoms with Gasteiger partial charge in [-0.2, -0.15) is 0 Å². The van der Waals surface area contributed by atoms with E-state index in [4.69, 9.17) is 9.47 Å². The molecule has 8 heteroatoms. The van der Waals surface area contributed by atoms with Crippen molar-refractivity contribution in [3.63, 3.8) is 0 Å². The second kappa shape index (κ2) is 11.2. The number of amides is 1. The first-order valence-corrected chi connectivity index (χ1v) is 12.1. The summed E-state index contributed by atoms with van der Waals surface area (Å²) in [6.07, 6.45) is 0.364. The molecule has 1 aliphatic heterocycles. The van der Waals surface area contributed by atoms with Gasteiger partial charge in [0.15, 0.2) is 11.5 Å². The van der Waals surface area contributed by atoms with Gasteiger partial charge in [-0.1, -0.05) is 18.2 Å². The number of aromatic hydroxyl groups is 1. The van der Waals surface area contributed by atoms with Crippen molar-refractivity contribution in [3.8, 4) is 17.2 Å². The molecule has 0 spiro atoms. The van der Waals surface area contributed by atoms with E-state index in [1.165, 1.54) is 23.1 Å². The minimum atomic E-state index is -0.924. The van der Waals surface area contributed by atoms with E-state index in [1.54, 1.807) is 55.5 Å². The number of rotatable bonds is 9. The van der Waals surface area contributed by atoms with E-state index >= 15 is 0 Å². The number of carbonyl (C=O) groups excluding carboxylic acids is 2. The molecule has 7 nitrogen and oxygen atoms in total. The highest BCUT2D eigenvalue weighted by molar-refractivity contribution is 6.46. The highest BCUT2D eigenvalue weighted by Gasteiger charge is 2.46. The number of phenolic OH excluding ortho intramolecular Hbond substituents is 1. The Morgan fingerprint density at radius 3 is 2.27 bits per heavy atom. The van der Waals surface area contributed by atoms with E-state index in [2.05, 4.69) is 0 Å². The zero-order valence-corrected chi connectivity index (χ0v) is 20.6. The van der Waals surface area contributed by atoms with Gasteiger partial charge >= 0.3 is 0 Å². The summed E-state index contributed by atoms with van der Waals surface area (Å²) >= 11 is 0. The Morgan fingerprint density at radius 2 is 1.62 bits per heavy atom. The Bertz CT molecular complexity index is 1320. The van der Waals surface area contributed by atoms with Gasteiger partial charge in [0.05, 0.1) is 24.8 Å². The smallest absolute Gasteiger partial charge is 0.295 e. The molecule has 1 amide bonds. The van der Waals surface area contributed by atoms with Crippen molar-refractivity contribution >= 4 is 17.4 Å². The van der Waals surface area contributed by atoms with Gasteiger partial charge < -0.3 is 24.6 Å². The summed E-state index contributed by atoms with van der Waals surface area (Å²) in [5, 5.41) is 21.4. The molecule has 2 N–H and O–H groups in total. The maximum atomic E-state index is 13.3. The molecule has 1 heterocycles. The van der Waals surface area contributed by atoms with Crippen molar-refractivity contribution in [2.75, 3.05) is 19.8 Å².